The average molecular weight is 402 g/mol. The van der Waals surface area contributed by atoms with Gasteiger partial charge in [-0.05, 0) is 42.8 Å². The van der Waals surface area contributed by atoms with Gasteiger partial charge in [-0.3, -0.25) is 4.79 Å². The third kappa shape index (κ3) is 6.96. The van der Waals surface area contributed by atoms with Crippen LogP contribution in [0.25, 0.3) is 0 Å². The molecule has 0 saturated heterocycles. The van der Waals surface area contributed by atoms with Gasteiger partial charge in [-0.15, -0.1) is 11.8 Å². The van der Waals surface area contributed by atoms with Crippen molar-refractivity contribution in [2.24, 2.45) is 5.10 Å². The monoisotopic (exact) mass is 402 g/mol. The van der Waals surface area contributed by atoms with E-state index in [1.807, 2.05) is 31.2 Å². The number of amides is 1. The van der Waals surface area contributed by atoms with Gasteiger partial charge in [-0.2, -0.15) is 5.10 Å². The lowest BCUT2D eigenvalue weighted by Crippen LogP contribution is -2.17. The van der Waals surface area contributed by atoms with E-state index in [1.165, 1.54) is 26.0 Å². The van der Waals surface area contributed by atoms with Crippen LogP contribution in [0.15, 0.2) is 52.5 Å². The van der Waals surface area contributed by atoms with E-state index in [-0.39, 0.29) is 11.7 Å². The summed E-state index contributed by atoms with van der Waals surface area (Å²) in [5.41, 5.74) is 4.37. The summed E-state index contributed by atoms with van der Waals surface area (Å²) >= 11 is 1.62. The number of carbonyl (C=O) groups is 2. The molecule has 2 aromatic rings. The molecule has 8 heteroatoms. The van der Waals surface area contributed by atoms with Crippen molar-refractivity contribution in [3.63, 3.8) is 0 Å². The first-order chi connectivity index (χ1) is 13.5. The fourth-order valence-corrected chi connectivity index (χ4v) is 2.96. The summed E-state index contributed by atoms with van der Waals surface area (Å²) in [6, 6.07) is 13.0. The Hall–Kier alpha value is -3.00. The van der Waals surface area contributed by atoms with E-state index >= 15 is 0 Å². The van der Waals surface area contributed by atoms with Crippen LogP contribution in [-0.4, -0.2) is 38.2 Å². The molecule has 28 heavy (non-hydrogen) atoms. The Morgan fingerprint density at radius 3 is 2.54 bits per heavy atom. The standard InChI is InChI=1S/C20H22N2O5S/c1-14-4-7-16(8-5-14)28-11-10-19(23)22-21-13-15-6-9-17(18(12-15)25-2)27-20(24)26-3/h4-9,12-13H,10-11H2,1-3H3,(H,22,23)/b21-13-. The second-order valence-electron chi connectivity index (χ2n) is 5.67. The van der Waals surface area contributed by atoms with Gasteiger partial charge < -0.3 is 14.2 Å². The molecule has 148 valence electrons. The zero-order chi connectivity index (χ0) is 20.4. The highest BCUT2D eigenvalue weighted by molar-refractivity contribution is 7.99. The lowest BCUT2D eigenvalue weighted by Gasteiger charge is -2.08. The van der Waals surface area contributed by atoms with E-state index in [2.05, 4.69) is 15.3 Å². The minimum Gasteiger partial charge on any atom is -0.493 e. The molecule has 0 saturated carbocycles. The van der Waals surface area contributed by atoms with Crippen LogP contribution < -0.4 is 14.9 Å². The van der Waals surface area contributed by atoms with Gasteiger partial charge in [0.25, 0.3) is 0 Å². The zero-order valence-corrected chi connectivity index (χ0v) is 16.7. The minimum absolute atomic E-state index is 0.173. The first-order valence-corrected chi connectivity index (χ1v) is 9.45. The van der Waals surface area contributed by atoms with E-state index in [9.17, 15) is 9.59 Å². The maximum Gasteiger partial charge on any atom is 0.513 e. The highest BCUT2D eigenvalue weighted by atomic mass is 32.2. The molecule has 0 aliphatic rings. The Bertz CT molecular complexity index is 837. The number of hydrogen-bond donors (Lipinski definition) is 1. The molecule has 0 unspecified atom stereocenters. The van der Waals surface area contributed by atoms with Crippen molar-refractivity contribution in [2.75, 3.05) is 20.0 Å². The maximum atomic E-state index is 11.9. The molecule has 2 rings (SSSR count). The van der Waals surface area contributed by atoms with Crippen LogP contribution in [0, 0.1) is 6.92 Å². The lowest BCUT2D eigenvalue weighted by molar-refractivity contribution is -0.120. The predicted molar refractivity (Wildman–Crippen MR) is 108 cm³/mol. The fourth-order valence-electron chi connectivity index (χ4n) is 2.11. The highest BCUT2D eigenvalue weighted by Gasteiger charge is 2.10. The van der Waals surface area contributed by atoms with Crippen molar-refractivity contribution in [2.45, 2.75) is 18.2 Å². The number of hydrazone groups is 1. The molecule has 2 aromatic carbocycles. The second-order valence-corrected chi connectivity index (χ2v) is 6.84. The first kappa shape index (κ1) is 21.3. The van der Waals surface area contributed by atoms with Crippen molar-refractivity contribution >= 4 is 30.0 Å². The number of nitrogens with one attached hydrogen (secondary N) is 1. The number of carbonyl (C=O) groups excluding carboxylic acids is 2. The van der Waals surface area contributed by atoms with Crippen LogP contribution in [0.3, 0.4) is 0 Å². The fraction of sp³-hybridized carbons (Fsp3) is 0.250. The molecule has 0 aromatic heterocycles. The summed E-state index contributed by atoms with van der Waals surface area (Å²) in [7, 11) is 2.67. The number of aryl methyl sites for hydroxylation is 1. The molecule has 0 radical (unpaired) electrons. The summed E-state index contributed by atoms with van der Waals surface area (Å²) in [6.45, 7) is 2.04. The van der Waals surface area contributed by atoms with Gasteiger partial charge in [0.05, 0.1) is 20.4 Å². The Kier molecular flexibility index (Phi) is 8.36. The number of ether oxygens (including phenoxy) is 3. The van der Waals surface area contributed by atoms with E-state index in [0.717, 1.165) is 4.90 Å². The van der Waals surface area contributed by atoms with E-state index in [1.54, 1.807) is 30.0 Å². The maximum absolute atomic E-state index is 11.9. The van der Waals surface area contributed by atoms with Crippen LogP contribution in [0.1, 0.15) is 17.5 Å². The third-order valence-corrected chi connectivity index (χ3v) is 4.58. The molecule has 0 aliphatic carbocycles. The molecule has 0 atom stereocenters. The third-order valence-electron chi connectivity index (χ3n) is 3.57. The van der Waals surface area contributed by atoms with E-state index in [0.29, 0.717) is 23.5 Å². The van der Waals surface area contributed by atoms with Crippen LogP contribution in [0.5, 0.6) is 11.5 Å². The van der Waals surface area contributed by atoms with Crippen molar-refractivity contribution in [3.05, 3.63) is 53.6 Å². The molecule has 7 nitrogen and oxygen atoms in total. The quantitative estimate of drug-likeness (QED) is 0.238. The smallest absolute Gasteiger partial charge is 0.493 e. The minimum atomic E-state index is -0.838. The average Bonchev–Trinajstić information content (AvgIpc) is 2.70. The van der Waals surface area contributed by atoms with E-state index in [4.69, 9.17) is 9.47 Å². The van der Waals surface area contributed by atoms with Gasteiger partial charge in [0.2, 0.25) is 5.91 Å². The number of nitrogens with zero attached hydrogens (tertiary/aromatic N) is 1. The molecular weight excluding hydrogens is 380 g/mol. The highest BCUT2D eigenvalue weighted by Crippen LogP contribution is 2.27. The van der Waals surface area contributed by atoms with Gasteiger partial charge in [0, 0.05) is 17.1 Å². The van der Waals surface area contributed by atoms with Crippen molar-refractivity contribution < 1.29 is 23.8 Å². The summed E-state index contributed by atoms with van der Waals surface area (Å²) in [4.78, 5) is 24.2. The first-order valence-electron chi connectivity index (χ1n) is 8.47. The van der Waals surface area contributed by atoms with E-state index < -0.39 is 6.16 Å². The van der Waals surface area contributed by atoms with Gasteiger partial charge in [-0.25, -0.2) is 10.2 Å². The SMILES string of the molecule is COC(=O)Oc1ccc(/C=N\NC(=O)CCSc2ccc(C)cc2)cc1OC. The number of rotatable bonds is 8. The summed E-state index contributed by atoms with van der Waals surface area (Å²) < 4.78 is 14.6. The van der Waals surface area contributed by atoms with Crippen molar-refractivity contribution in [3.8, 4) is 11.5 Å². The van der Waals surface area contributed by atoms with Crippen molar-refractivity contribution in [1.82, 2.24) is 5.43 Å². The van der Waals surface area contributed by atoms with Gasteiger partial charge >= 0.3 is 6.16 Å². The molecule has 1 N–H and O–H groups in total. The van der Waals surface area contributed by atoms with Crippen molar-refractivity contribution in [1.29, 1.82) is 0 Å². The molecule has 0 aliphatic heterocycles. The van der Waals surface area contributed by atoms with Crippen LogP contribution in [-0.2, 0) is 9.53 Å². The zero-order valence-electron chi connectivity index (χ0n) is 15.9. The number of methoxy groups -OCH3 is 2. The molecular formula is C20H22N2O5S. The lowest BCUT2D eigenvalue weighted by atomic mass is 10.2. The molecule has 0 bridgehead atoms. The Labute approximate surface area is 168 Å². The number of benzene rings is 2. The van der Waals surface area contributed by atoms with Crippen LogP contribution in [0.4, 0.5) is 4.79 Å². The molecule has 0 heterocycles. The van der Waals surface area contributed by atoms with Gasteiger partial charge in [0.15, 0.2) is 11.5 Å². The number of thioether (sulfide) groups is 1. The normalized spacial score (nSPS) is 10.5. The molecule has 0 spiro atoms. The molecule has 0 fully saturated rings. The molecule has 1 amide bonds. The Morgan fingerprint density at radius 1 is 1.11 bits per heavy atom. The number of hydrogen-bond acceptors (Lipinski definition) is 7. The van der Waals surface area contributed by atoms with Gasteiger partial charge in [-0.1, -0.05) is 17.7 Å². The Morgan fingerprint density at radius 2 is 1.86 bits per heavy atom. The largest absolute Gasteiger partial charge is 0.513 e. The second kappa shape index (κ2) is 11.0. The van der Waals surface area contributed by atoms with Crippen LogP contribution >= 0.6 is 11.8 Å². The van der Waals surface area contributed by atoms with Crippen LogP contribution in [0.2, 0.25) is 0 Å². The Balaban J connectivity index is 1.81. The topological polar surface area (TPSA) is 86.2 Å². The predicted octanol–water partition coefficient (Wildman–Crippen LogP) is 3.78. The summed E-state index contributed by atoms with van der Waals surface area (Å²) in [6.07, 6.45) is 0.996. The summed E-state index contributed by atoms with van der Waals surface area (Å²) in [5.74, 6) is 1.06. The summed E-state index contributed by atoms with van der Waals surface area (Å²) in [5, 5.41) is 3.94. The van der Waals surface area contributed by atoms with Gasteiger partial charge in [0.1, 0.15) is 0 Å².